The van der Waals surface area contributed by atoms with E-state index in [1.54, 1.807) is 13.8 Å². The Bertz CT molecular complexity index is 289. The lowest BCUT2D eigenvalue weighted by Crippen LogP contribution is -2.53. The first-order chi connectivity index (χ1) is 7.68. The van der Waals surface area contributed by atoms with Crippen molar-refractivity contribution in [2.24, 2.45) is 5.92 Å². The summed E-state index contributed by atoms with van der Waals surface area (Å²) in [6, 6.07) is 0. The van der Waals surface area contributed by atoms with Gasteiger partial charge in [-0.05, 0) is 26.8 Å². The fourth-order valence-corrected chi connectivity index (χ4v) is 2.12. The number of amides is 1. The molecule has 1 heterocycles. The normalized spacial score (nSPS) is 22.0. The van der Waals surface area contributed by atoms with E-state index in [1.807, 2.05) is 6.92 Å². The number of nitrogens with one attached hydrogen (secondary N) is 1. The molecule has 1 unspecified atom stereocenters. The van der Waals surface area contributed by atoms with Gasteiger partial charge in [0.15, 0.2) is 0 Å². The molecule has 1 aliphatic heterocycles. The third-order valence-corrected chi connectivity index (χ3v) is 3.09. The molecule has 100 valence electrons. The maximum Gasteiger partial charge on any atom is 0.393 e. The number of likely N-dealkylation sites (tertiary alicyclic amines) is 1. The van der Waals surface area contributed by atoms with Gasteiger partial charge in [-0.1, -0.05) is 6.92 Å². The molecule has 1 rings (SSSR count). The van der Waals surface area contributed by atoms with Crippen LogP contribution in [0.2, 0.25) is 0 Å². The molecule has 6 heteroatoms. The van der Waals surface area contributed by atoms with Crippen molar-refractivity contribution in [2.45, 2.75) is 38.9 Å². The molecule has 1 saturated heterocycles. The van der Waals surface area contributed by atoms with Crippen molar-refractivity contribution in [1.82, 2.24) is 10.2 Å². The fourth-order valence-electron chi connectivity index (χ4n) is 2.12. The Morgan fingerprint density at radius 1 is 1.41 bits per heavy atom. The molecule has 1 N–H and O–H groups in total. The molecule has 3 nitrogen and oxygen atoms in total. The van der Waals surface area contributed by atoms with Gasteiger partial charge in [0, 0.05) is 13.1 Å². The Morgan fingerprint density at radius 3 is 2.41 bits per heavy atom. The molecule has 1 fully saturated rings. The van der Waals surface area contributed by atoms with E-state index in [9.17, 15) is 18.0 Å². The number of hydrogen-bond donors (Lipinski definition) is 1. The fraction of sp³-hybridized carbons (Fsp3) is 0.909. The number of nitrogens with zero attached hydrogens (tertiary/aromatic N) is 1. The molecule has 1 aliphatic rings. The number of carbonyl (C=O) groups is 1. The minimum Gasteiger partial charge on any atom is -0.340 e. The first-order valence-corrected chi connectivity index (χ1v) is 5.79. The summed E-state index contributed by atoms with van der Waals surface area (Å²) in [5.74, 6) is -1.63. The van der Waals surface area contributed by atoms with Crippen LogP contribution in [-0.2, 0) is 4.79 Å². The number of hydrogen-bond acceptors (Lipinski definition) is 2. The molecule has 0 aliphatic carbocycles. The van der Waals surface area contributed by atoms with Crippen LogP contribution in [0, 0.1) is 5.92 Å². The van der Waals surface area contributed by atoms with Crippen molar-refractivity contribution in [3.8, 4) is 0 Å². The molecule has 17 heavy (non-hydrogen) atoms. The van der Waals surface area contributed by atoms with Gasteiger partial charge in [-0.25, -0.2) is 0 Å². The number of halogens is 3. The molecule has 1 atom stereocenters. The van der Waals surface area contributed by atoms with E-state index in [0.717, 1.165) is 0 Å². The highest BCUT2D eigenvalue weighted by atomic mass is 19.4. The lowest BCUT2D eigenvalue weighted by molar-refractivity contribution is -0.171. The summed E-state index contributed by atoms with van der Waals surface area (Å²) < 4.78 is 37.5. The number of alkyl halides is 3. The zero-order valence-electron chi connectivity index (χ0n) is 10.4. The van der Waals surface area contributed by atoms with Crippen molar-refractivity contribution in [3.05, 3.63) is 0 Å². The van der Waals surface area contributed by atoms with Crippen LogP contribution in [0.4, 0.5) is 13.2 Å². The Hall–Kier alpha value is -0.780. The van der Waals surface area contributed by atoms with Gasteiger partial charge in [-0.2, -0.15) is 13.2 Å². The van der Waals surface area contributed by atoms with Gasteiger partial charge in [0.2, 0.25) is 5.91 Å². The molecule has 1 amide bonds. The van der Waals surface area contributed by atoms with Gasteiger partial charge < -0.3 is 10.2 Å². The molecule has 0 radical (unpaired) electrons. The van der Waals surface area contributed by atoms with Gasteiger partial charge in [0.1, 0.15) is 0 Å². The maximum absolute atomic E-state index is 12.5. The molecular weight excluding hydrogens is 233 g/mol. The zero-order valence-corrected chi connectivity index (χ0v) is 10.4. The highest BCUT2D eigenvalue weighted by Crippen LogP contribution is 2.34. The van der Waals surface area contributed by atoms with Crippen molar-refractivity contribution < 1.29 is 18.0 Å². The van der Waals surface area contributed by atoms with E-state index >= 15 is 0 Å². The van der Waals surface area contributed by atoms with Gasteiger partial charge in [-0.3, -0.25) is 4.79 Å². The minimum absolute atomic E-state index is 0.0114. The lowest BCUT2D eigenvalue weighted by Gasteiger charge is -2.30. The van der Waals surface area contributed by atoms with Gasteiger partial charge >= 0.3 is 6.18 Å². The highest BCUT2D eigenvalue weighted by molar-refractivity contribution is 5.85. The smallest absolute Gasteiger partial charge is 0.340 e. The molecule has 0 aromatic rings. The van der Waals surface area contributed by atoms with Crippen LogP contribution >= 0.6 is 0 Å². The standard InChI is InChI=1S/C11H19F3N2O/c1-4-15-10(2,3)9(17)16-6-5-8(7-16)11(12,13)14/h8,15H,4-7H2,1-3H3. The van der Waals surface area contributed by atoms with Crippen LogP contribution in [0.5, 0.6) is 0 Å². The monoisotopic (exact) mass is 252 g/mol. The van der Waals surface area contributed by atoms with Crippen molar-refractivity contribution in [1.29, 1.82) is 0 Å². The average Bonchev–Trinajstić information content (AvgIpc) is 2.64. The van der Waals surface area contributed by atoms with Crippen molar-refractivity contribution in [2.75, 3.05) is 19.6 Å². The summed E-state index contributed by atoms with van der Waals surface area (Å²) in [4.78, 5) is 13.3. The first-order valence-electron chi connectivity index (χ1n) is 5.79. The average molecular weight is 252 g/mol. The second kappa shape index (κ2) is 4.84. The Kier molecular flexibility index (Phi) is 4.06. The third kappa shape index (κ3) is 3.34. The Balaban J connectivity index is 2.63. The number of likely N-dealkylation sites (N-methyl/N-ethyl adjacent to an activating group) is 1. The SMILES string of the molecule is CCNC(C)(C)C(=O)N1CCC(C(F)(F)F)C1. The first kappa shape index (κ1) is 14.3. The maximum atomic E-state index is 12.5. The molecule has 0 aromatic carbocycles. The van der Waals surface area contributed by atoms with Gasteiger partial charge in [0.25, 0.3) is 0 Å². The van der Waals surface area contributed by atoms with E-state index in [1.165, 1.54) is 4.90 Å². The lowest BCUT2D eigenvalue weighted by atomic mass is 10.0. The second-order valence-corrected chi connectivity index (χ2v) is 4.93. The summed E-state index contributed by atoms with van der Waals surface area (Å²) in [6.07, 6.45) is -4.19. The molecule has 0 aromatic heterocycles. The van der Waals surface area contributed by atoms with Gasteiger partial charge in [-0.15, -0.1) is 0 Å². The topological polar surface area (TPSA) is 32.3 Å². The van der Waals surface area contributed by atoms with Crippen LogP contribution in [0.15, 0.2) is 0 Å². The van der Waals surface area contributed by atoms with Crippen LogP contribution in [0.25, 0.3) is 0 Å². The van der Waals surface area contributed by atoms with Gasteiger partial charge in [0.05, 0.1) is 11.5 Å². The summed E-state index contributed by atoms with van der Waals surface area (Å²) >= 11 is 0. The molecule has 0 bridgehead atoms. The van der Waals surface area contributed by atoms with E-state index in [0.29, 0.717) is 6.54 Å². The minimum atomic E-state index is -4.20. The van der Waals surface area contributed by atoms with Crippen molar-refractivity contribution in [3.63, 3.8) is 0 Å². The summed E-state index contributed by atoms with van der Waals surface area (Å²) in [5.41, 5.74) is -0.796. The number of carbonyl (C=O) groups excluding carboxylic acids is 1. The zero-order chi connectivity index (χ0) is 13.3. The van der Waals surface area contributed by atoms with E-state index in [-0.39, 0.29) is 25.4 Å². The predicted octanol–water partition coefficient (Wildman–Crippen LogP) is 1.79. The van der Waals surface area contributed by atoms with E-state index in [2.05, 4.69) is 5.32 Å². The van der Waals surface area contributed by atoms with Crippen LogP contribution in [0.3, 0.4) is 0 Å². The number of rotatable bonds is 3. The third-order valence-electron chi connectivity index (χ3n) is 3.09. The van der Waals surface area contributed by atoms with Crippen molar-refractivity contribution >= 4 is 5.91 Å². The second-order valence-electron chi connectivity index (χ2n) is 4.93. The van der Waals surface area contributed by atoms with Crippen LogP contribution < -0.4 is 5.32 Å². The Morgan fingerprint density at radius 2 is 2.00 bits per heavy atom. The molecule has 0 spiro atoms. The summed E-state index contributed by atoms with van der Waals surface area (Å²) in [6.45, 7) is 5.83. The molecule has 0 saturated carbocycles. The quantitative estimate of drug-likeness (QED) is 0.830. The summed E-state index contributed by atoms with van der Waals surface area (Å²) in [5, 5.41) is 2.98. The van der Waals surface area contributed by atoms with E-state index < -0.39 is 17.6 Å². The predicted molar refractivity (Wildman–Crippen MR) is 58.5 cm³/mol. The van der Waals surface area contributed by atoms with Crippen LogP contribution in [-0.4, -0.2) is 42.2 Å². The molecular formula is C11H19F3N2O. The van der Waals surface area contributed by atoms with E-state index in [4.69, 9.17) is 0 Å². The highest BCUT2D eigenvalue weighted by Gasteiger charge is 2.46. The Labute approximate surface area is 99.4 Å². The largest absolute Gasteiger partial charge is 0.393 e. The summed E-state index contributed by atoms with van der Waals surface area (Å²) in [7, 11) is 0. The van der Waals surface area contributed by atoms with Crippen LogP contribution in [0.1, 0.15) is 27.2 Å².